The summed E-state index contributed by atoms with van der Waals surface area (Å²) in [5, 5.41) is 3.40. The molecule has 0 aliphatic heterocycles. The van der Waals surface area contributed by atoms with E-state index in [0.29, 0.717) is 6.61 Å². The molecular formula is C18H30N2O. The van der Waals surface area contributed by atoms with Gasteiger partial charge in [-0.3, -0.25) is 4.90 Å². The molecular weight excluding hydrogens is 260 g/mol. The highest BCUT2D eigenvalue weighted by molar-refractivity contribution is 5.27. The van der Waals surface area contributed by atoms with Crippen LogP contribution in [0.4, 0.5) is 0 Å². The number of nitrogens with zero attached hydrogens (tertiary/aromatic N) is 1. The molecule has 0 aliphatic rings. The second-order valence-corrected chi connectivity index (χ2v) is 5.50. The van der Waals surface area contributed by atoms with Crippen molar-refractivity contribution in [3.63, 3.8) is 0 Å². The van der Waals surface area contributed by atoms with E-state index in [0.717, 1.165) is 38.5 Å². The molecule has 1 aromatic rings. The van der Waals surface area contributed by atoms with Crippen LogP contribution in [0.25, 0.3) is 0 Å². The van der Waals surface area contributed by atoms with E-state index in [-0.39, 0.29) is 0 Å². The fourth-order valence-electron chi connectivity index (χ4n) is 2.14. The third-order valence-corrected chi connectivity index (χ3v) is 3.30. The Labute approximate surface area is 130 Å². The topological polar surface area (TPSA) is 24.5 Å². The number of ether oxygens (including phenoxy) is 1. The molecule has 0 amide bonds. The molecule has 0 radical (unpaired) electrons. The van der Waals surface area contributed by atoms with Crippen LogP contribution in [-0.4, -0.2) is 37.7 Å². The maximum atomic E-state index is 5.81. The van der Waals surface area contributed by atoms with Crippen molar-refractivity contribution in [2.75, 3.05) is 32.8 Å². The van der Waals surface area contributed by atoms with Crippen molar-refractivity contribution >= 4 is 0 Å². The lowest BCUT2D eigenvalue weighted by Crippen LogP contribution is -2.29. The van der Waals surface area contributed by atoms with Crippen LogP contribution in [0.1, 0.15) is 32.8 Å². The van der Waals surface area contributed by atoms with Crippen LogP contribution in [0.3, 0.4) is 0 Å². The molecule has 21 heavy (non-hydrogen) atoms. The van der Waals surface area contributed by atoms with Crippen LogP contribution in [0.2, 0.25) is 0 Å². The Balaban J connectivity index is 2.30. The highest BCUT2D eigenvalue weighted by atomic mass is 16.5. The molecule has 0 spiro atoms. The molecule has 3 heteroatoms. The van der Waals surface area contributed by atoms with Gasteiger partial charge in [0.2, 0.25) is 0 Å². The van der Waals surface area contributed by atoms with Crippen molar-refractivity contribution < 1.29 is 4.74 Å². The van der Waals surface area contributed by atoms with E-state index in [4.69, 9.17) is 4.74 Å². The summed E-state index contributed by atoms with van der Waals surface area (Å²) in [6, 6.07) is 8.36. The summed E-state index contributed by atoms with van der Waals surface area (Å²) in [5.41, 5.74) is 2.49. The predicted octanol–water partition coefficient (Wildman–Crippen LogP) is 3.46. The molecule has 0 saturated carbocycles. The maximum absolute atomic E-state index is 5.81. The van der Waals surface area contributed by atoms with E-state index in [1.165, 1.54) is 17.6 Å². The summed E-state index contributed by atoms with van der Waals surface area (Å²) in [4.78, 5) is 2.34. The Kier molecular flexibility index (Phi) is 8.79. The standard InChI is InChI=1S/C18H30N2O/c1-5-11-19-14-17-7-9-18(10-8-17)21-13-12-20(6-2)15-16(3)4/h7-10,19H,3,5-6,11-15H2,1-2,4H3. The average Bonchev–Trinajstić information content (AvgIpc) is 2.47. The highest BCUT2D eigenvalue weighted by Crippen LogP contribution is 2.12. The van der Waals surface area contributed by atoms with E-state index < -0.39 is 0 Å². The predicted molar refractivity (Wildman–Crippen MR) is 90.9 cm³/mol. The summed E-state index contributed by atoms with van der Waals surface area (Å²) in [5.74, 6) is 0.945. The quantitative estimate of drug-likeness (QED) is 0.499. The van der Waals surface area contributed by atoms with Gasteiger partial charge in [0.05, 0.1) is 0 Å². The van der Waals surface area contributed by atoms with Crippen molar-refractivity contribution in [3.05, 3.63) is 42.0 Å². The van der Waals surface area contributed by atoms with E-state index in [9.17, 15) is 0 Å². The summed E-state index contributed by atoms with van der Waals surface area (Å²) >= 11 is 0. The van der Waals surface area contributed by atoms with Crippen LogP contribution in [0.15, 0.2) is 36.4 Å². The van der Waals surface area contributed by atoms with E-state index >= 15 is 0 Å². The molecule has 0 atom stereocenters. The number of rotatable bonds is 11. The van der Waals surface area contributed by atoms with Crippen LogP contribution < -0.4 is 10.1 Å². The number of benzene rings is 1. The molecule has 0 fully saturated rings. The largest absolute Gasteiger partial charge is 0.492 e. The van der Waals surface area contributed by atoms with Crippen LogP contribution in [0.5, 0.6) is 5.75 Å². The van der Waals surface area contributed by atoms with Gasteiger partial charge in [-0.25, -0.2) is 0 Å². The van der Waals surface area contributed by atoms with Gasteiger partial charge in [0.1, 0.15) is 12.4 Å². The Morgan fingerprint density at radius 1 is 1.24 bits per heavy atom. The summed E-state index contributed by atoms with van der Waals surface area (Å²) in [7, 11) is 0. The molecule has 0 heterocycles. The molecule has 3 nitrogen and oxygen atoms in total. The summed E-state index contributed by atoms with van der Waals surface area (Å²) in [6.45, 7) is 16.0. The van der Waals surface area contributed by atoms with Gasteiger partial charge in [0.25, 0.3) is 0 Å². The number of hydrogen-bond acceptors (Lipinski definition) is 3. The van der Waals surface area contributed by atoms with Gasteiger partial charge in [0.15, 0.2) is 0 Å². The SMILES string of the molecule is C=C(C)CN(CC)CCOc1ccc(CNCCC)cc1. The van der Waals surface area contributed by atoms with Gasteiger partial charge in [0, 0.05) is 19.6 Å². The third-order valence-electron chi connectivity index (χ3n) is 3.30. The lowest BCUT2D eigenvalue weighted by atomic mass is 10.2. The smallest absolute Gasteiger partial charge is 0.119 e. The molecule has 0 bridgehead atoms. The Morgan fingerprint density at radius 3 is 2.52 bits per heavy atom. The number of nitrogens with one attached hydrogen (secondary N) is 1. The Bertz CT molecular complexity index is 400. The first-order valence-electron chi connectivity index (χ1n) is 7.94. The molecule has 0 unspecified atom stereocenters. The van der Waals surface area contributed by atoms with Gasteiger partial charge in [-0.05, 0) is 44.1 Å². The summed E-state index contributed by atoms with van der Waals surface area (Å²) < 4.78 is 5.81. The highest BCUT2D eigenvalue weighted by Gasteiger charge is 2.02. The van der Waals surface area contributed by atoms with Crippen molar-refractivity contribution in [2.45, 2.75) is 33.7 Å². The van der Waals surface area contributed by atoms with E-state index in [2.05, 4.69) is 61.8 Å². The summed E-state index contributed by atoms with van der Waals surface area (Å²) in [6.07, 6.45) is 1.17. The maximum Gasteiger partial charge on any atom is 0.119 e. The minimum atomic E-state index is 0.717. The monoisotopic (exact) mass is 290 g/mol. The van der Waals surface area contributed by atoms with E-state index in [1.807, 2.05) is 0 Å². The van der Waals surface area contributed by atoms with Gasteiger partial charge in [-0.1, -0.05) is 38.1 Å². The Hall–Kier alpha value is -1.32. The molecule has 0 aromatic heterocycles. The average molecular weight is 290 g/mol. The fourth-order valence-corrected chi connectivity index (χ4v) is 2.14. The third kappa shape index (κ3) is 7.88. The zero-order chi connectivity index (χ0) is 15.5. The lowest BCUT2D eigenvalue weighted by molar-refractivity contribution is 0.227. The van der Waals surface area contributed by atoms with Crippen LogP contribution >= 0.6 is 0 Å². The van der Waals surface area contributed by atoms with E-state index in [1.54, 1.807) is 0 Å². The van der Waals surface area contributed by atoms with Crippen molar-refractivity contribution in [1.82, 2.24) is 10.2 Å². The molecule has 1 aromatic carbocycles. The first-order valence-corrected chi connectivity index (χ1v) is 7.94. The van der Waals surface area contributed by atoms with Crippen molar-refractivity contribution in [2.24, 2.45) is 0 Å². The van der Waals surface area contributed by atoms with Gasteiger partial charge < -0.3 is 10.1 Å². The lowest BCUT2D eigenvalue weighted by Gasteiger charge is -2.20. The van der Waals surface area contributed by atoms with Gasteiger partial charge in [-0.2, -0.15) is 0 Å². The minimum absolute atomic E-state index is 0.717. The molecule has 1 N–H and O–H groups in total. The fraction of sp³-hybridized carbons (Fsp3) is 0.556. The molecule has 0 saturated heterocycles. The second kappa shape index (κ2) is 10.4. The zero-order valence-electron chi connectivity index (χ0n) is 13.8. The molecule has 118 valence electrons. The molecule has 1 rings (SSSR count). The Morgan fingerprint density at radius 2 is 1.95 bits per heavy atom. The normalized spacial score (nSPS) is 10.9. The zero-order valence-corrected chi connectivity index (χ0v) is 13.8. The van der Waals surface area contributed by atoms with Crippen molar-refractivity contribution in [1.29, 1.82) is 0 Å². The second-order valence-electron chi connectivity index (χ2n) is 5.50. The minimum Gasteiger partial charge on any atom is -0.492 e. The molecule has 0 aliphatic carbocycles. The van der Waals surface area contributed by atoms with Crippen LogP contribution in [0, 0.1) is 0 Å². The number of likely N-dealkylation sites (N-methyl/N-ethyl adjacent to an activating group) is 1. The van der Waals surface area contributed by atoms with Crippen molar-refractivity contribution in [3.8, 4) is 5.75 Å². The van der Waals surface area contributed by atoms with Gasteiger partial charge >= 0.3 is 0 Å². The first-order chi connectivity index (χ1) is 10.2. The number of hydrogen-bond donors (Lipinski definition) is 1. The van der Waals surface area contributed by atoms with Gasteiger partial charge in [-0.15, -0.1) is 0 Å². The first kappa shape index (κ1) is 17.7. The van der Waals surface area contributed by atoms with Crippen LogP contribution in [-0.2, 0) is 6.54 Å².